The summed E-state index contributed by atoms with van der Waals surface area (Å²) in [5.41, 5.74) is 0. The van der Waals surface area contributed by atoms with Crippen molar-refractivity contribution in [2.24, 2.45) is 0 Å². The van der Waals surface area contributed by atoms with Crippen molar-refractivity contribution >= 4 is 5.91 Å². The van der Waals surface area contributed by atoms with Gasteiger partial charge in [-0.3, -0.25) is 4.79 Å². The molecule has 0 unspecified atom stereocenters. The maximum Gasteiger partial charge on any atom is 0.390 e. The van der Waals surface area contributed by atoms with Crippen LogP contribution < -0.4 is 0 Å². The van der Waals surface area contributed by atoms with Gasteiger partial charge in [0.25, 0.3) is 0 Å². The van der Waals surface area contributed by atoms with E-state index in [0.29, 0.717) is 0 Å². The van der Waals surface area contributed by atoms with Gasteiger partial charge in [0.2, 0.25) is 5.91 Å². The van der Waals surface area contributed by atoms with Crippen molar-refractivity contribution in [1.29, 1.82) is 0 Å². The molecule has 0 saturated heterocycles. The highest BCUT2D eigenvalue weighted by Crippen LogP contribution is 2.19. The smallest absolute Gasteiger partial charge is 0.390 e. The first-order valence-corrected chi connectivity index (χ1v) is 4.28. The number of aliphatic hydroxyl groups is 1. The number of alkyl halides is 3. The molecule has 84 valence electrons. The largest absolute Gasteiger partial charge is 0.396 e. The average molecular weight is 213 g/mol. The first kappa shape index (κ1) is 13.2. The summed E-state index contributed by atoms with van der Waals surface area (Å²) in [5.74, 6) is -0.372. The molecule has 0 rings (SSSR count). The SMILES string of the molecule is CN(CCC(F)(F)F)C(=O)CCCO. The number of aliphatic hydroxyl groups excluding tert-OH is 1. The van der Waals surface area contributed by atoms with Gasteiger partial charge < -0.3 is 10.0 Å². The highest BCUT2D eigenvalue weighted by molar-refractivity contribution is 5.75. The van der Waals surface area contributed by atoms with Gasteiger partial charge >= 0.3 is 6.18 Å². The van der Waals surface area contributed by atoms with E-state index in [2.05, 4.69) is 0 Å². The Morgan fingerprint density at radius 3 is 2.43 bits per heavy atom. The molecular formula is C8H14F3NO2. The van der Waals surface area contributed by atoms with Crippen LogP contribution in [0.15, 0.2) is 0 Å². The van der Waals surface area contributed by atoms with Crippen molar-refractivity contribution in [2.75, 3.05) is 20.2 Å². The van der Waals surface area contributed by atoms with Crippen LogP contribution in [0, 0.1) is 0 Å². The molecule has 0 bridgehead atoms. The zero-order valence-corrected chi connectivity index (χ0v) is 7.97. The third-order valence-electron chi connectivity index (χ3n) is 1.71. The van der Waals surface area contributed by atoms with Crippen LogP contribution in [-0.2, 0) is 4.79 Å². The fraction of sp³-hybridized carbons (Fsp3) is 0.875. The third-order valence-corrected chi connectivity index (χ3v) is 1.71. The molecule has 6 heteroatoms. The molecule has 0 aliphatic rings. The predicted molar refractivity (Wildman–Crippen MR) is 44.6 cm³/mol. The Morgan fingerprint density at radius 2 is 2.00 bits per heavy atom. The number of carbonyl (C=O) groups excluding carboxylic acids is 1. The lowest BCUT2D eigenvalue weighted by atomic mass is 10.3. The Labute approximate surface area is 80.5 Å². The van der Waals surface area contributed by atoms with Crippen molar-refractivity contribution < 1.29 is 23.1 Å². The molecule has 0 fully saturated rings. The van der Waals surface area contributed by atoms with E-state index < -0.39 is 12.6 Å². The fourth-order valence-electron chi connectivity index (χ4n) is 0.840. The molecule has 0 aliphatic carbocycles. The fourth-order valence-corrected chi connectivity index (χ4v) is 0.840. The summed E-state index contributed by atoms with van der Waals surface area (Å²) >= 11 is 0. The zero-order valence-electron chi connectivity index (χ0n) is 7.97. The normalized spacial score (nSPS) is 11.5. The van der Waals surface area contributed by atoms with Crippen LogP contribution >= 0.6 is 0 Å². The van der Waals surface area contributed by atoms with E-state index in [0.717, 1.165) is 4.90 Å². The van der Waals surface area contributed by atoms with Gasteiger partial charge in [0, 0.05) is 26.6 Å². The molecule has 3 nitrogen and oxygen atoms in total. The number of hydrogen-bond donors (Lipinski definition) is 1. The topological polar surface area (TPSA) is 40.5 Å². The van der Waals surface area contributed by atoms with E-state index >= 15 is 0 Å². The van der Waals surface area contributed by atoms with Crippen molar-refractivity contribution in [1.82, 2.24) is 4.90 Å². The van der Waals surface area contributed by atoms with Crippen molar-refractivity contribution in [2.45, 2.75) is 25.4 Å². The molecule has 0 aromatic carbocycles. The molecule has 0 aliphatic heterocycles. The maximum atomic E-state index is 11.8. The molecule has 14 heavy (non-hydrogen) atoms. The number of halogens is 3. The standard InChI is InChI=1S/C8H14F3NO2/c1-12(5-4-8(9,10)11)7(14)3-2-6-13/h13H,2-6H2,1H3. The minimum atomic E-state index is -4.23. The van der Waals surface area contributed by atoms with Gasteiger partial charge in [0.15, 0.2) is 0 Å². The van der Waals surface area contributed by atoms with Crippen molar-refractivity contribution in [3.05, 3.63) is 0 Å². The van der Waals surface area contributed by atoms with Gasteiger partial charge in [0.05, 0.1) is 6.42 Å². The lowest BCUT2D eigenvalue weighted by molar-refractivity contribution is -0.144. The lowest BCUT2D eigenvalue weighted by Crippen LogP contribution is -2.30. The molecule has 0 saturated carbocycles. The second-order valence-electron chi connectivity index (χ2n) is 3.01. The number of hydrogen-bond acceptors (Lipinski definition) is 2. The maximum absolute atomic E-state index is 11.8. The molecule has 0 radical (unpaired) electrons. The van der Waals surface area contributed by atoms with Gasteiger partial charge in [-0.15, -0.1) is 0 Å². The summed E-state index contributed by atoms with van der Waals surface area (Å²) < 4.78 is 35.3. The van der Waals surface area contributed by atoms with Crippen LogP contribution in [0.3, 0.4) is 0 Å². The molecule has 0 heterocycles. The number of carbonyl (C=O) groups is 1. The zero-order chi connectivity index (χ0) is 11.2. The Morgan fingerprint density at radius 1 is 1.43 bits per heavy atom. The van der Waals surface area contributed by atoms with E-state index in [1.54, 1.807) is 0 Å². The summed E-state index contributed by atoms with van der Waals surface area (Å²) in [4.78, 5) is 12.1. The van der Waals surface area contributed by atoms with Crippen LogP contribution in [0.4, 0.5) is 13.2 Å². The van der Waals surface area contributed by atoms with Gasteiger partial charge in [-0.1, -0.05) is 0 Å². The first-order chi connectivity index (χ1) is 6.37. The van der Waals surface area contributed by atoms with E-state index in [9.17, 15) is 18.0 Å². The van der Waals surface area contributed by atoms with Gasteiger partial charge in [0.1, 0.15) is 0 Å². The minimum Gasteiger partial charge on any atom is -0.396 e. The monoisotopic (exact) mass is 213 g/mol. The van der Waals surface area contributed by atoms with Gasteiger partial charge in [-0.05, 0) is 6.42 Å². The van der Waals surface area contributed by atoms with E-state index in [1.807, 2.05) is 0 Å². The molecule has 1 N–H and O–H groups in total. The summed E-state index contributed by atoms with van der Waals surface area (Å²) in [6, 6.07) is 0. The summed E-state index contributed by atoms with van der Waals surface area (Å²) in [6.45, 7) is -0.452. The second kappa shape index (κ2) is 5.85. The average Bonchev–Trinajstić information content (AvgIpc) is 2.09. The Balaban J connectivity index is 3.73. The third kappa shape index (κ3) is 6.71. The minimum absolute atomic E-state index is 0.0882. The molecule has 0 aromatic rings. The number of nitrogens with zero attached hydrogens (tertiary/aromatic N) is 1. The molecule has 1 amide bonds. The second-order valence-corrected chi connectivity index (χ2v) is 3.01. The van der Waals surface area contributed by atoms with Crippen LogP contribution in [0.25, 0.3) is 0 Å². The van der Waals surface area contributed by atoms with E-state index in [1.165, 1.54) is 7.05 Å². The summed E-state index contributed by atoms with van der Waals surface area (Å²) in [5, 5.41) is 8.41. The summed E-state index contributed by atoms with van der Waals surface area (Å²) in [6.07, 6.45) is -4.85. The lowest BCUT2D eigenvalue weighted by Gasteiger charge is -2.17. The van der Waals surface area contributed by atoms with Crippen LogP contribution in [0.5, 0.6) is 0 Å². The van der Waals surface area contributed by atoms with E-state index in [-0.39, 0.29) is 31.9 Å². The molecule has 0 aromatic heterocycles. The van der Waals surface area contributed by atoms with Gasteiger partial charge in [-0.25, -0.2) is 0 Å². The molecule has 0 spiro atoms. The van der Waals surface area contributed by atoms with Crippen molar-refractivity contribution in [3.63, 3.8) is 0 Å². The van der Waals surface area contributed by atoms with Crippen LogP contribution in [0.1, 0.15) is 19.3 Å². The van der Waals surface area contributed by atoms with E-state index in [4.69, 9.17) is 5.11 Å². The number of rotatable bonds is 5. The molecular weight excluding hydrogens is 199 g/mol. The Kier molecular flexibility index (Phi) is 5.52. The first-order valence-electron chi connectivity index (χ1n) is 4.28. The predicted octanol–water partition coefficient (Wildman–Crippen LogP) is 1.17. The highest BCUT2D eigenvalue weighted by Gasteiger charge is 2.27. The number of amides is 1. The van der Waals surface area contributed by atoms with Crippen LogP contribution in [0.2, 0.25) is 0 Å². The Hall–Kier alpha value is -0.780. The van der Waals surface area contributed by atoms with Gasteiger partial charge in [-0.2, -0.15) is 13.2 Å². The summed E-state index contributed by atoms with van der Waals surface area (Å²) in [7, 11) is 1.32. The molecule has 0 atom stereocenters. The Bertz CT molecular complexity index is 182. The van der Waals surface area contributed by atoms with Crippen LogP contribution in [-0.4, -0.2) is 42.3 Å². The quantitative estimate of drug-likeness (QED) is 0.744. The highest BCUT2D eigenvalue weighted by atomic mass is 19.4. The van der Waals surface area contributed by atoms with Crippen molar-refractivity contribution in [3.8, 4) is 0 Å².